The van der Waals surface area contributed by atoms with Gasteiger partial charge in [-0.15, -0.1) is 23.1 Å². The van der Waals surface area contributed by atoms with Crippen LogP contribution >= 0.6 is 23.1 Å². The summed E-state index contributed by atoms with van der Waals surface area (Å²) in [6.07, 6.45) is 0. The van der Waals surface area contributed by atoms with Crippen molar-refractivity contribution in [3.8, 4) is 6.07 Å². The van der Waals surface area contributed by atoms with Crippen molar-refractivity contribution >= 4 is 38.9 Å². The first-order valence-corrected chi connectivity index (χ1v) is 8.54. The smallest absolute Gasteiger partial charge is 0.138 e. The van der Waals surface area contributed by atoms with E-state index in [1.165, 1.54) is 35.2 Å². The van der Waals surface area contributed by atoms with E-state index in [1.54, 1.807) is 12.1 Å². The molecule has 0 atom stereocenters. The molecule has 0 aliphatic carbocycles. The van der Waals surface area contributed by atoms with Crippen LogP contribution in [0.4, 0.5) is 4.39 Å². The average Bonchev–Trinajstić information content (AvgIpc) is 2.98. The summed E-state index contributed by atoms with van der Waals surface area (Å²) in [5, 5.41) is 20.1. The van der Waals surface area contributed by atoms with Gasteiger partial charge in [0.15, 0.2) is 0 Å². The van der Waals surface area contributed by atoms with E-state index in [1.807, 2.05) is 30.3 Å². The second-order valence-corrected chi connectivity index (χ2v) is 6.74. The quantitative estimate of drug-likeness (QED) is 0.411. The molecule has 0 saturated heterocycles. The van der Waals surface area contributed by atoms with Gasteiger partial charge in [-0.05, 0) is 36.4 Å². The lowest BCUT2D eigenvalue weighted by molar-refractivity contribution is 0.421. The molecule has 1 aromatic heterocycles. The van der Waals surface area contributed by atoms with Crippen LogP contribution in [-0.2, 0) is 0 Å². The minimum atomic E-state index is -0.304. The molecule has 0 unspecified atom stereocenters. The number of thiazole rings is 1. The number of fused-ring (bicyclic) bond motifs is 1. The van der Waals surface area contributed by atoms with Gasteiger partial charge in [0.2, 0.25) is 0 Å². The van der Waals surface area contributed by atoms with E-state index >= 15 is 0 Å². The predicted octanol–water partition coefficient (Wildman–Crippen LogP) is 5.02. The second kappa shape index (κ2) is 6.82. The van der Waals surface area contributed by atoms with Crippen LogP contribution in [0.15, 0.2) is 59.2 Å². The number of aliphatic hydroxyl groups is 1. The Kier molecular flexibility index (Phi) is 4.60. The summed E-state index contributed by atoms with van der Waals surface area (Å²) in [5.74, 6) is -0.105. The highest BCUT2D eigenvalue weighted by molar-refractivity contribution is 7.99. The van der Waals surface area contributed by atoms with Crippen molar-refractivity contribution in [3.63, 3.8) is 0 Å². The molecule has 0 aliphatic heterocycles. The SMILES string of the molecule is N#C/C(=C(/O)CSc1ccc(F)cc1)c1nc2ccccc2s1. The van der Waals surface area contributed by atoms with Crippen molar-refractivity contribution in [2.24, 2.45) is 0 Å². The molecule has 0 fully saturated rings. The summed E-state index contributed by atoms with van der Waals surface area (Å²) >= 11 is 2.71. The lowest BCUT2D eigenvalue weighted by Gasteiger charge is -2.03. The van der Waals surface area contributed by atoms with Crippen molar-refractivity contribution in [1.82, 2.24) is 4.98 Å². The first kappa shape index (κ1) is 15.5. The number of nitrogens with zero attached hydrogens (tertiary/aromatic N) is 2. The lowest BCUT2D eigenvalue weighted by atomic mass is 10.2. The maximum Gasteiger partial charge on any atom is 0.138 e. The molecule has 1 N–H and O–H groups in total. The van der Waals surface area contributed by atoms with E-state index in [4.69, 9.17) is 0 Å². The summed E-state index contributed by atoms with van der Waals surface area (Å²) in [4.78, 5) is 5.21. The molecule has 0 aliphatic rings. The molecule has 0 spiro atoms. The van der Waals surface area contributed by atoms with Crippen LogP contribution in [0.3, 0.4) is 0 Å². The molecule has 3 aromatic rings. The third-order valence-electron chi connectivity index (χ3n) is 3.10. The molecule has 1 heterocycles. The fourth-order valence-electron chi connectivity index (χ4n) is 1.97. The van der Waals surface area contributed by atoms with Crippen molar-refractivity contribution in [2.45, 2.75) is 4.90 Å². The number of hydrogen-bond donors (Lipinski definition) is 1. The van der Waals surface area contributed by atoms with E-state index in [2.05, 4.69) is 4.98 Å². The van der Waals surface area contributed by atoms with Crippen LogP contribution in [-0.4, -0.2) is 15.8 Å². The number of benzene rings is 2. The van der Waals surface area contributed by atoms with Crippen LogP contribution in [0.5, 0.6) is 0 Å². The standard InChI is InChI=1S/C17H11FN2OS2/c18-11-5-7-12(8-6-11)22-10-15(21)13(9-19)17-20-14-3-1-2-4-16(14)23-17/h1-8,21H,10H2/b15-13-. The van der Waals surface area contributed by atoms with Crippen molar-refractivity contribution < 1.29 is 9.50 Å². The normalized spacial score (nSPS) is 12.0. The number of thioether (sulfide) groups is 1. The van der Waals surface area contributed by atoms with E-state index in [9.17, 15) is 14.8 Å². The van der Waals surface area contributed by atoms with Gasteiger partial charge in [0.25, 0.3) is 0 Å². The Balaban J connectivity index is 1.84. The summed E-state index contributed by atoms with van der Waals surface area (Å²) in [6, 6.07) is 15.6. The summed E-state index contributed by atoms with van der Waals surface area (Å²) in [5.41, 5.74) is 0.986. The number of rotatable bonds is 4. The Bertz CT molecular complexity index is 877. The van der Waals surface area contributed by atoms with Crippen LogP contribution in [0.1, 0.15) is 5.01 Å². The molecule has 6 heteroatoms. The van der Waals surface area contributed by atoms with Gasteiger partial charge in [0, 0.05) is 4.90 Å². The molecule has 23 heavy (non-hydrogen) atoms. The Hall–Kier alpha value is -2.36. The molecule has 3 rings (SSSR count). The lowest BCUT2D eigenvalue weighted by Crippen LogP contribution is -1.92. The van der Waals surface area contributed by atoms with Gasteiger partial charge < -0.3 is 5.11 Å². The summed E-state index contributed by atoms with van der Waals surface area (Å²) in [7, 11) is 0. The summed E-state index contributed by atoms with van der Waals surface area (Å²) in [6.45, 7) is 0. The highest BCUT2D eigenvalue weighted by atomic mass is 32.2. The maximum absolute atomic E-state index is 12.9. The number of aliphatic hydroxyl groups excluding tert-OH is 1. The van der Waals surface area contributed by atoms with Gasteiger partial charge in [-0.3, -0.25) is 0 Å². The third kappa shape index (κ3) is 3.52. The molecule has 3 nitrogen and oxygen atoms in total. The molecule has 114 valence electrons. The topological polar surface area (TPSA) is 56.9 Å². The van der Waals surface area contributed by atoms with Crippen LogP contribution in [0, 0.1) is 17.1 Å². The Morgan fingerprint density at radius 3 is 2.65 bits per heavy atom. The van der Waals surface area contributed by atoms with Crippen LogP contribution in [0.25, 0.3) is 15.8 Å². The van der Waals surface area contributed by atoms with Crippen molar-refractivity contribution in [1.29, 1.82) is 5.26 Å². The molecular formula is C17H11FN2OS2. The van der Waals surface area contributed by atoms with Gasteiger partial charge in [-0.2, -0.15) is 5.26 Å². The van der Waals surface area contributed by atoms with Gasteiger partial charge in [0.1, 0.15) is 28.2 Å². The average molecular weight is 342 g/mol. The zero-order valence-corrected chi connectivity index (χ0v) is 13.5. The summed E-state index contributed by atoms with van der Waals surface area (Å²) < 4.78 is 13.8. The van der Waals surface area contributed by atoms with Gasteiger partial charge >= 0.3 is 0 Å². The first-order valence-electron chi connectivity index (χ1n) is 6.74. The zero-order chi connectivity index (χ0) is 16.2. The number of allylic oxidation sites excluding steroid dienone is 1. The molecule has 2 aromatic carbocycles. The Labute approximate surface area is 140 Å². The number of para-hydroxylation sites is 1. The molecule has 0 radical (unpaired) electrons. The number of nitriles is 1. The van der Waals surface area contributed by atoms with Gasteiger partial charge in [-0.25, -0.2) is 9.37 Å². The fraction of sp³-hybridized carbons (Fsp3) is 0.0588. The molecule has 0 bridgehead atoms. The molecular weight excluding hydrogens is 331 g/mol. The minimum absolute atomic E-state index is 0.0270. The van der Waals surface area contributed by atoms with Crippen LogP contribution in [0.2, 0.25) is 0 Å². The number of halogens is 1. The third-order valence-corrected chi connectivity index (χ3v) is 5.17. The van der Waals surface area contributed by atoms with E-state index in [-0.39, 0.29) is 22.9 Å². The number of aromatic nitrogens is 1. The highest BCUT2D eigenvalue weighted by Gasteiger charge is 2.14. The largest absolute Gasteiger partial charge is 0.510 e. The predicted molar refractivity (Wildman–Crippen MR) is 91.9 cm³/mol. The fourth-order valence-corrected chi connectivity index (χ4v) is 3.73. The first-order chi connectivity index (χ1) is 11.2. The van der Waals surface area contributed by atoms with E-state index in [0.29, 0.717) is 5.01 Å². The van der Waals surface area contributed by atoms with Crippen molar-refractivity contribution in [3.05, 3.63) is 65.1 Å². The van der Waals surface area contributed by atoms with E-state index < -0.39 is 0 Å². The maximum atomic E-state index is 12.9. The highest BCUT2D eigenvalue weighted by Crippen LogP contribution is 2.30. The van der Waals surface area contributed by atoms with E-state index in [0.717, 1.165) is 15.1 Å². The monoisotopic (exact) mass is 342 g/mol. The van der Waals surface area contributed by atoms with Crippen molar-refractivity contribution in [2.75, 3.05) is 5.75 Å². The second-order valence-electron chi connectivity index (χ2n) is 4.66. The number of hydrogen-bond acceptors (Lipinski definition) is 5. The Morgan fingerprint density at radius 2 is 1.96 bits per heavy atom. The minimum Gasteiger partial charge on any atom is -0.510 e. The zero-order valence-electron chi connectivity index (χ0n) is 11.9. The van der Waals surface area contributed by atoms with Crippen LogP contribution < -0.4 is 0 Å². The molecule has 0 amide bonds. The van der Waals surface area contributed by atoms with Gasteiger partial charge in [0.05, 0.1) is 16.0 Å². The van der Waals surface area contributed by atoms with Gasteiger partial charge in [-0.1, -0.05) is 12.1 Å². The molecule has 0 saturated carbocycles. The Morgan fingerprint density at radius 1 is 1.22 bits per heavy atom.